The predicted molar refractivity (Wildman–Crippen MR) is 69.8 cm³/mol. The number of aryl methyl sites for hydroxylation is 1. The van der Waals surface area contributed by atoms with Crippen molar-refractivity contribution in [2.75, 3.05) is 6.54 Å². The van der Waals surface area contributed by atoms with E-state index in [0.717, 1.165) is 0 Å². The molecule has 1 aromatic rings. The third kappa shape index (κ3) is 6.40. The third-order valence-electron chi connectivity index (χ3n) is 2.62. The van der Waals surface area contributed by atoms with Gasteiger partial charge in [-0.15, -0.1) is 0 Å². The Morgan fingerprint density at radius 1 is 1.21 bits per heavy atom. The van der Waals surface area contributed by atoms with E-state index in [1.165, 1.54) is 10.6 Å². The standard InChI is InChI=1S/C13H18N2O4/c16-11(14-8-3-1-6-13(18)19)7-10-15-9-4-2-5-12(15)17/h2,4-5,9H,1,3,6-8,10H2,(H,14,16)(H,18,19). The molecule has 0 radical (unpaired) electrons. The van der Waals surface area contributed by atoms with E-state index in [-0.39, 0.29) is 24.3 Å². The molecule has 104 valence electrons. The second-order valence-electron chi connectivity index (χ2n) is 4.18. The van der Waals surface area contributed by atoms with Crippen LogP contribution < -0.4 is 10.9 Å². The normalized spacial score (nSPS) is 10.1. The van der Waals surface area contributed by atoms with Crippen LogP contribution in [0.1, 0.15) is 25.7 Å². The summed E-state index contributed by atoms with van der Waals surface area (Å²) in [4.78, 5) is 33.1. The molecule has 1 amide bonds. The lowest BCUT2D eigenvalue weighted by Crippen LogP contribution is -2.27. The van der Waals surface area contributed by atoms with Crippen molar-refractivity contribution in [3.05, 3.63) is 34.7 Å². The maximum atomic E-state index is 11.5. The van der Waals surface area contributed by atoms with Gasteiger partial charge in [0.25, 0.3) is 5.56 Å². The van der Waals surface area contributed by atoms with Crippen LogP contribution >= 0.6 is 0 Å². The number of carbonyl (C=O) groups excluding carboxylic acids is 1. The van der Waals surface area contributed by atoms with Gasteiger partial charge >= 0.3 is 5.97 Å². The van der Waals surface area contributed by atoms with Crippen molar-refractivity contribution >= 4 is 11.9 Å². The molecule has 0 fully saturated rings. The highest BCUT2D eigenvalue weighted by Crippen LogP contribution is 1.94. The number of rotatable bonds is 8. The summed E-state index contributed by atoms with van der Waals surface area (Å²) in [7, 11) is 0. The van der Waals surface area contributed by atoms with Crippen LogP contribution in [-0.2, 0) is 16.1 Å². The number of aliphatic carboxylic acids is 1. The lowest BCUT2D eigenvalue weighted by atomic mass is 10.2. The van der Waals surface area contributed by atoms with E-state index in [9.17, 15) is 14.4 Å². The number of hydrogen-bond acceptors (Lipinski definition) is 3. The van der Waals surface area contributed by atoms with Gasteiger partial charge < -0.3 is 15.0 Å². The topological polar surface area (TPSA) is 88.4 Å². The van der Waals surface area contributed by atoms with Gasteiger partial charge in [0.05, 0.1) is 0 Å². The van der Waals surface area contributed by atoms with Gasteiger partial charge in [-0.05, 0) is 18.9 Å². The first-order chi connectivity index (χ1) is 9.09. The van der Waals surface area contributed by atoms with Gasteiger partial charge in [-0.2, -0.15) is 0 Å². The molecular weight excluding hydrogens is 248 g/mol. The molecule has 0 atom stereocenters. The molecule has 2 N–H and O–H groups in total. The third-order valence-corrected chi connectivity index (χ3v) is 2.62. The van der Waals surface area contributed by atoms with E-state index in [2.05, 4.69) is 5.32 Å². The molecule has 1 heterocycles. The van der Waals surface area contributed by atoms with Crippen LogP contribution in [0.15, 0.2) is 29.2 Å². The minimum absolute atomic E-state index is 0.120. The number of carbonyl (C=O) groups is 2. The molecule has 0 aliphatic rings. The molecule has 0 saturated heterocycles. The quantitative estimate of drug-likeness (QED) is 0.675. The molecule has 0 saturated carbocycles. The molecule has 0 spiro atoms. The van der Waals surface area contributed by atoms with Gasteiger partial charge in [-0.3, -0.25) is 14.4 Å². The number of carboxylic acid groups (broad SMARTS) is 1. The zero-order valence-corrected chi connectivity index (χ0v) is 10.7. The predicted octanol–water partition coefficient (Wildman–Crippen LogP) is 0.609. The van der Waals surface area contributed by atoms with Gasteiger partial charge in [-0.1, -0.05) is 6.07 Å². The van der Waals surface area contributed by atoms with E-state index in [1.807, 2.05) is 0 Å². The van der Waals surface area contributed by atoms with E-state index < -0.39 is 5.97 Å². The summed E-state index contributed by atoms with van der Waals surface area (Å²) in [5.41, 5.74) is -0.128. The van der Waals surface area contributed by atoms with Crippen LogP contribution in [0.25, 0.3) is 0 Å². The summed E-state index contributed by atoms with van der Waals surface area (Å²) in [5.74, 6) is -0.958. The number of nitrogens with one attached hydrogen (secondary N) is 1. The molecular formula is C13H18N2O4. The fourth-order valence-electron chi connectivity index (χ4n) is 1.58. The summed E-state index contributed by atoms with van der Waals surface area (Å²) in [6.07, 6.45) is 3.19. The van der Waals surface area contributed by atoms with E-state index in [4.69, 9.17) is 5.11 Å². The largest absolute Gasteiger partial charge is 0.481 e. The van der Waals surface area contributed by atoms with Gasteiger partial charge in [0, 0.05) is 38.2 Å². The fourth-order valence-corrected chi connectivity index (χ4v) is 1.58. The highest BCUT2D eigenvalue weighted by Gasteiger charge is 2.02. The highest BCUT2D eigenvalue weighted by molar-refractivity contribution is 5.75. The average molecular weight is 266 g/mol. The molecule has 0 aliphatic heterocycles. The Kier molecular flexibility index (Phi) is 6.35. The Labute approximate surface area is 111 Å². The lowest BCUT2D eigenvalue weighted by molar-refractivity contribution is -0.137. The second-order valence-corrected chi connectivity index (χ2v) is 4.18. The molecule has 1 rings (SSSR count). The Balaban J connectivity index is 2.17. The van der Waals surface area contributed by atoms with Gasteiger partial charge in [-0.25, -0.2) is 0 Å². The number of aromatic nitrogens is 1. The maximum Gasteiger partial charge on any atom is 0.303 e. The molecule has 19 heavy (non-hydrogen) atoms. The van der Waals surface area contributed by atoms with Gasteiger partial charge in [0.15, 0.2) is 0 Å². The number of amides is 1. The van der Waals surface area contributed by atoms with Crippen molar-refractivity contribution in [1.82, 2.24) is 9.88 Å². The zero-order valence-electron chi connectivity index (χ0n) is 10.7. The summed E-state index contributed by atoms with van der Waals surface area (Å²) >= 11 is 0. The van der Waals surface area contributed by atoms with Crippen molar-refractivity contribution in [3.63, 3.8) is 0 Å². The van der Waals surface area contributed by atoms with Crippen LogP contribution in [0.2, 0.25) is 0 Å². The Bertz CT molecular complexity index is 482. The minimum atomic E-state index is -0.824. The zero-order chi connectivity index (χ0) is 14.1. The summed E-state index contributed by atoms with van der Waals surface area (Å²) in [6, 6.07) is 4.84. The van der Waals surface area contributed by atoms with Crippen molar-refractivity contribution in [3.8, 4) is 0 Å². The molecule has 6 nitrogen and oxygen atoms in total. The van der Waals surface area contributed by atoms with Crippen LogP contribution in [0, 0.1) is 0 Å². The van der Waals surface area contributed by atoms with E-state index in [1.54, 1.807) is 18.3 Å². The van der Waals surface area contributed by atoms with E-state index in [0.29, 0.717) is 25.9 Å². The number of hydrogen-bond donors (Lipinski definition) is 2. The number of nitrogens with zero attached hydrogens (tertiary/aromatic N) is 1. The monoisotopic (exact) mass is 266 g/mol. The van der Waals surface area contributed by atoms with Crippen molar-refractivity contribution in [1.29, 1.82) is 0 Å². The summed E-state index contributed by atoms with van der Waals surface area (Å²) in [5, 5.41) is 11.1. The molecule has 6 heteroatoms. The Morgan fingerprint density at radius 3 is 2.68 bits per heavy atom. The summed E-state index contributed by atoms with van der Waals surface area (Å²) < 4.78 is 1.48. The van der Waals surface area contributed by atoms with Crippen molar-refractivity contribution in [2.24, 2.45) is 0 Å². The van der Waals surface area contributed by atoms with Gasteiger partial charge in [0.1, 0.15) is 0 Å². The average Bonchev–Trinajstić information content (AvgIpc) is 2.37. The first kappa shape index (κ1) is 14.9. The van der Waals surface area contributed by atoms with Crippen LogP contribution in [0.3, 0.4) is 0 Å². The lowest BCUT2D eigenvalue weighted by Gasteiger charge is -2.06. The highest BCUT2D eigenvalue weighted by atomic mass is 16.4. The molecule has 0 bridgehead atoms. The van der Waals surface area contributed by atoms with Crippen molar-refractivity contribution in [2.45, 2.75) is 32.2 Å². The first-order valence-electron chi connectivity index (χ1n) is 6.23. The van der Waals surface area contributed by atoms with Crippen LogP contribution in [-0.4, -0.2) is 28.1 Å². The number of pyridine rings is 1. The number of carboxylic acids is 1. The number of unbranched alkanes of at least 4 members (excludes halogenated alkanes) is 1. The minimum Gasteiger partial charge on any atom is -0.481 e. The Hall–Kier alpha value is -2.11. The SMILES string of the molecule is O=C(O)CCCCNC(=O)CCn1ccccc1=O. The van der Waals surface area contributed by atoms with Crippen LogP contribution in [0.5, 0.6) is 0 Å². The summed E-state index contributed by atoms with van der Waals surface area (Å²) in [6.45, 7) is 0.816. The maximum absolute atomic E-state index is 11.5. The molecule has 1 aromatic heterocycles. The first-order valence-corrected chi connectivity index (χ1v) is 6.23. The second kappa shape index (κ2) is 8.07. The molecule has 0 unspecified atom stereocenters. The smallest absolute Gasteiger partial charge is 0.303 e. The Morgan fingerprint density at radius 2 is 2.00 bits per heavy atom. The molecule has 0 aliphatic carbocycles. The van der Waals surface area contributed by atoms with E-state index >= 15 is 0 Å². The van der Waals surface area contributed by atoms with Crippen molar-refractivity contribution < 1.29 is 14.7 Å². The molecule has 0 aromatic carbocycles. The van der Waals surface area contributed by atoms with Crippen LogP contribution in [0.4, 0.5) is 0 Å². The fraction of sp³-hybridized carbons (Fsp3) is 0.462. The van der Waals surface area contributed by atoms with Gasteiger partial charge in [0.2, 0.25) is 5.91 Å².